The smallest absolute Gasteiger partial charge is 0.319 e. The number of anilines is 1. The molecule has 0 saturated carbocycles. The first-order valence-electron chi connectivity index (χ1n) is 5.73. The molecule has 0 aliphatic heterocycles. The molecule has 19 heavy (non-hydrogen) atoms. The van der Waals surface area contributed by atoms with Crippen molar-refractivity contribution in [1.82, 2.24) is 5.32 Å². The largest absolute Gasteiger partial charge is 0.503 e. The predicted octanol–water partition coefficient (Wildman–Crippen LogP) is 2.85. The minimum atomic E-state index is -0.777. The van der Waals surface area contributed by atoms with E-state index in [4.69, 9.17) is 0 Å². The molecule has 5 heteroatoms. The van der Waals surface area contributed by atoms with Gasteiger partial charge in [0.1, 0.15) is 0 Å². The first-order valence-corrected chi connectivity index (χ1v) is 5.73. The van der Waals surface area contributed by atoms with Gasteiger partial charge in [0.15, 0.2) is 11.6 Å². The third-order valence-corrected chi connectivity index (χ3v) is 2.53. The summed E-state index contributed by atoms with van der Waals surface area (Å²) >= 11 is 0. The highest BCUT2D eigenvalue weighted by Gasteiger charge is 2.09. The number of phenolic OH excluding ortho intramolecular Hbond substituents is 1. The Balaban J connectivity index is 1.93. The van der Waals surface area contributed by atoms with E-state index in [0.29, 0.717) is 6.54 Å². The molecule has 0 unspecified atom stereocenters. The second-order valence-corrected chi connectivity index (χ2v) is 3.93. The minimum absolute atomic E-state index is 0.0329. The average Bonchev–Trinajstić information content (AvgIpc) is 2.43. The quantitative estimate of drug-likeness (QED) is 0.743. The molecule has 2 aromatic carbocycles. The second kappa shape index (κ2) is 5.86. The Bertz CT molecular complexity index is 573. The van der Waals surface area contributed by atoms with Crippen LogP contribution in [0.15, 0.2) is 48.5 Å². The zero-order chi connectivity index (χ0) is 13.7. The molecule has 2 rings (SSSR count). The lowest BCUT2D eigenvalue weighted by molar-refractivity contribution is 0.251. The van der Waals surface area contributed by atoms with Crippen LogP contribution in [0.2, 0.25) is 0 Å². The zero-order valence-corrected chi connectivity index (χ0v) is 10.1. The molecule has 4 nitrogen and oxygen atoms in total. The molecule has 0 saturated heterocycles. The van der Waals surface area contributed by atoms with Crippen molar-refractivity contribution < 1.29 is 14.3 Å². The molecular weight excluding hydrogens is 247 g/mol. The van der Waals surface area contributed by atoms with Crippen LogP contribution < -0.4 is 10.6 Å². The Morgan fingerprint density at radius 1 is 1.11 bits per heavy atom. The molecule has 0 spiro atoms. The van der Waals surface area contributed by atoms with Crippen molar-refractivity contribution in [3.05, 3.63) is 59.9 Å². The van der Waals surface area contributed by atoms with Crippen LogP contribution in [0.1, 0.15) is 5.56 Å². The van der Waals surface area contributed by atoms with Crippen molar-refractivity contribution in [3.63, 3.8) is 0 Å². The summed E-state index contributed by atoms with van der Waals surface area (Å²) in [4.78, 5) is 11.6. The molecule has 2 aromatic rings. The Hall–Kier alpha value is -2.56. The van der Waals surface area contributed by atoms with E-state index in [1.165, 1.54) is 12.1 Å². The van der Waals surface area contributed by atoms with Gasteiger partial charge >= 0.3 is 6.03 Å². The van der Waals surface area contributed by atoms with E-state index in [-0.39, 0.29) is 5.69 Å². The molecule has 0 heterocycles. The van der Waals surface area contributed by atoms with Gasteiger partial charge in [-0.1, -0.05) is 36.4 Å². The van der Waals surface area contributed by atoms with Gasteiger partial charge in [-0.25, -0.2) is 9.18 Å². The highest BCUT2D eigenvalue weighted by atomic mass is 19.1. The van der Waals surface area contributed by atoms with Gasteiger partial charge in [-0.15, -0.1) is 0 Å². The number of hydrogen-bond donors (Lipinski definition) is 3. The zero-order valence-electron chi connectivity index (χ0n) is 10.1. The van der Waals surface area contributed by atoms with E-state index in [0.717, 1.165) is 11.6 Å². The molecule has 0 radical (unpaired) electrons. The van der Waals surface area contributed by atoms with Gasteiger partial charge in [-0.3, -0.25) is 0 Å². The van der Waals surface area contributed by atoms with Crippen LogP contribution >= 0.6 is 0 Å². The summed E-state index contributed by atoms with van der Waals surface area (Å²) in [6, 6.07) is 12.8. The van der Waals surface area contributed by atoms with Gasteiger partial charge in [0, 0.05) is 6.54 Å². The van der Waals surface area contributed by atoms with E-state index in [9.17, 15) is 14.3 Å². The highest BCUT2D eigenvalue weighted by Crippen LogP contribution is 2.25. The summed E-state index contributed by atoms with van der Waals surface area (Å²) in [5, 5.41) is 14.4. The summed E-state index contributed by atoms with van der Waals surface area (Å²) in [7, 11) is 0. The van der Waals surface area contributed by atoms with Gasteiger partial charge < -0.3 is 15.7 Å². The maximum absolute atomic E-state index is 13.1. The number of benzene rings is 2. The highest BCUT2D eigenvalue weighted by molar-refractivity contribution is 5.90. The summed E-state index contributed by atoms with van der Waals surface area (Å²) in [5.41, 5.74) is 0.978. The fourth-order valence-electron chi connectivity index (χ4n) is 1.56. The lowest BCUT2D eigenvalue weighted by Gasteiger charge is -2.09. The third kappa shape index (κ3) is 3.45. The Kier molecular flexibility index (Phi) is 3.97. The number of phenols is 1. The van der Waals surface area contributed by atoms with Crippen molar-refractivity contribution in [2.24, 2.45) is 0 Å². The molecule has 0 bridgehead atoms. The molecule has 2 amide bonds. The van der Waals surface area contributed by atoms with Gasteiger partial charge in [0.2, 0.25) is 0 Å². The average molecular weight is 260 g/mol. The van der Waals surface area contributed by atoms with Crippen LogP contribution in [0.3, 0.4) is 0 Å². The van der Waals surface area contributed by atoms with Gasteiger partial charge in [0.05, 0.1) is 5.69 Å². The Morgan fingerprint density at radius 3 is 2.58 bits per heavy atom. The van der Waals surface area contributed by atoms with Gasteiger partial charge in [-0.2, -0.15) is 0 Å². The number of amides is 2. The normalized spacial score (nSPS) is 9.95. The van der Waals surface area contributed by atoms with E-state index in [1.807, 2.05) is 30.3 Å². The van der Waals surface area contributed by atoms with E-state index >= 15 is 0 Å². The number of halogens is 1. The fourth-order valence-corrected chi connectivity index (χ4v) is 1.56. The number of carbonyl (C=O) groups is 1. The van der Waals surface area contributed by atoms with Crippen LogP contribution in [-0.4, -0.2) is 11.1 Å². The molecule has 0 fully saturated rings. The van der Waals surface area contributed by atoms with Crippen molar-refractivity contribution in [1.29, 1.82) is 0 Å². The van der Waals surface area contributed by atoms with E-state index in [1.54, 1.807) is 0 Å². The minimum Gasteiger partial charge on any atom is -0.503 e. The molecule has 0 aliphatic rings. The molecule has 0 aromatic heterocycles. The van der Waals surface area contributed by atoms with E-state index < -0.39 is 17.6 Å². The van der Waals surface area contributed by atoms with Crippen molar-refractivity contribution in [3.8, 4) is 5.75 Å². The molecule has 0 aliphatic carbocycles. The van der Waals surface area contributed by atoms with Crippen LogP contribution in [0.25, 0.3) is 0 Å². The van der Waals surface area contributed by atoms with Gasteiger partial charge in [0.25, 0.3) is 0 Å². The van der Waals surface area contributed by atoms with Crippen molar-refractivity contribution in [2.75, 3.05) is 5.32 Å². The topological polar surface area (TPSA) is 61.4 Å². The summed E-state index contributed by atoms with van der Waals surface area (Å²) in [6.07, 6.45) is 0. The number of carbonyl (C=O) groups excluding carboxylic acids is 1. The van der Waals surface area contributed by atoms with Crippen LogP contribution in [0.4, 0.5) is 14.9 Å². The molecule has 3 N–H and O–H groups in total. The van der Waals surface area contributed by atoms with E-state index in [2.05, 4.69) is 10.6 Å². The summed E-state index contributed by atoms with van der Waals surface area (Å²) < 4.78 is 13.1. The first kappa shape index (κ1) is 12.9. The number of aromatic hydroxyl groups is 1. The van der Waals surface area contributed by atoms with Crippen molar-refractivity contribution in [2.45, 2.75) is 6.54 Å². The van der Waals surface area contributed by atoms with Gasteiger partial charge in [-0.05, 0) is 17.7 Å². The number of nitrogens with one attached hydrogen (secondary N) is 2. The molecular formula is C14H13FN2O2. The van der Waals surface area contributed by atoms with Crippen LogP contribution in [-0.2, 0) is 6.54 Å². The number of hydrogen-bond acceptors (Lipinski definition) is 2. The van der Waals surface area contributed by atoms with Crippen molar-refractivity contribution >= 4 is 11.7 Å². The first-order chi connectivity index (χ1) is 9.16. The third-order valence-electron chi connectivity index (χ3n) is 2.53. The summed E-state index contributed by atoms with van der Waals surface area (Å²) in [5.74, 6) is -1.35. The molecule has 0 atom stereocenters. The van der Waals surface area contributed by atoms with Crippen LogP contribution in [0.5, 0.6) is 5.75 Å². The fraction of sp³-hybridized carbons (Fsp3) is 0.0714. The number of para-hydroxylation sites is 1. The standard InChI is InChI=1S/C14H13FN2O2/c15-11-7-4-8-12(13(11)18)17-14(19)16-9-10-5-2-1-3-6-10/h1-8,18H,9H2,(H2,16,17,19). The SMILES string of the molecule is O=C(NCc1ccccc1)Nc1cccc(F)c1O. The second-order valence-electron chi connectivity index (χ2n) is 3.93. The lowest BCUT2D eigenvalue weighted by atomic mass is 10.2. The maximum Gasteiger partial charge on any atom is 0.319 e. The number of rotatable bonds is 3. The molecule has 98 valence electrons. The predicted molar refractivity (Wildman–Crippen MR) is 70.4 cm³/mol. The maximum atomic E-state index is 13.1. The number of urea groups is 1. The summed E-state index contributed by atoms with van der Waals surface area (Å²) in [6.45, 7) is 0.350. The Morgan fingerprint density at radius 2 is 1.84 bits per heavy atom. The lowest BCUT2D eigenvalue weighted by Crippen LogP contribution is -2.28. The van der Waals surface area contributed by atoms with Crippen LogP contribution in [0, 0.1) is 5.82 Å². The Labute approximate surface area is 109 Å². The monoisotopic (exact) mass is 260 g/mol.